The smallest absolute Gasteiger partial charge is 0.400 e. The van der Waals surface area contributed by atoms with Crippen molar-refractivity contribution < 1.29 is 14.4 Å². The third-order valence-corrected chi connectivity index (χ3v) is 4.45. The van der Waals surface area contributed by atoms with E-state index >= 15 is 0 Å². The minimum absolute atomic E-state index is 0.228. The van der Waals surface area contributed by atoms with Gasteiger partial charge in [0.1, 0.15) is 0 Å². The van der Waals surface area contributed by atoms with Crippen LogP contribution >= 0.6 is 11.6 Å². The van der Waals surface area contributed by atoms with Crippen LogP contribution in [-0.4, -0.2) is 30.0 Å². The zero-order chi connectivity index (χ0) is 16.5. The maximum absolute atomic E-state index is 9.68. The Labute approximate surface area is 136 Å². The average molecular weight is 320 g/mol. The maximum atomic E-state index is 9.68. The quantitative estimate of drug-likeness (QED) is 0.869. The molecule has 1 saturated heterocycles. The molecular weight excluding hydrogens is 300 g/mol. The van der Waals surface area contributed by atoms with Gasteiger partial charge in [-0.25, -0.2) is 0 Å². The summed E-state index contributed by atoms with van der Waals surface area (Å²) in [6.07, 6.45) is 1.70. The minimum atomic E-state index is -0.652. The number of aliphatic hydroxyl groups excluding tert-OH is 1. The molecule has 1 N–H and O–H groups in total. The third-order valence-electron chi connectivity index (χ3n) is 4.21. The highest BCUT2D eigenvalue weighted by Gasteiger charge is 2.52. The van der Waals surface area contributed by atoms with Crippen LogP contribution in [0.3, 0.4) is 0 Å². The maximum Gasteiger partial charge on any atom is 0.492 e. The summed E-state index contributed by atoms with van der Waals surface area (Å²) in [5.74, 6) is 0. The molecule has 1 aliphatic rings. The Morgan fingerprint density at radius 3 is 2.41 bits per heavy atom. The summed E-state index contributed by atoms with van der Waals surface area (Å²) in [5, 5.41) is 19.4. The lowest BCUT2D eigenvalue weighted by atomic mass is 9.77. The summed E-state index contributed by atoms with van der Waals surface area (Å²) in [7, 11) is -0.652. The molecule has 0 bridgehead atoms. The standard InChI is InChI=1S/C16H19BClNO3/c1-15(2)16(3,4)22-17(21-15)13(10-20)7-12-8-14(18)6-5-11(12)9-19/h5-8,20H,10H2,1-4H3. The normalized spacial score (nSPS) is 20.0. The van der Waals surface area contributed by atoms with Crippen LogP contribution in [-0.2, 0) is 9.31 Å². The van der Waals surface area contributed by atoms with E-state index < -0.39 is 18.3 Å². The van der Waals surface area contributed by atoms with Gasteiger partial charge in [-0.15, -0.1) is 0 Å². The summed E-state index contributed by atoms with van der Waals surface area (Å²) in [4.78, 5) is 0. The molecule has 1 heterocycles. The predicted octanol–water partition coefficient (Wildman–Crippen LogP) is 3.22. The molecule has 1 aromatic carbocycles. The van der Waals surface area contributed by atoms with Gasteiger partial charge in [-0.05, 0) is 56.9 Å². The Hall–Kier alpha value is -1.32. The van der Waals surface area contributed by atoms with Gasteiger partial charge in [0, 0.05) is 5.02 Å². The Balaban J connectivity index is 2.38. The van der Waals surface area contributed by atoms with E-state index in [0.717, 1.165) is 0 Å². The highest BCUT2D eigenvalue weighted by atomic mass is 35.5. The molecule has 0 spiro atoms. The Morgan fingerprint density at radius 2 is 1.91 bits per heavy atom. The monoisotopic (exact) mass is 319 g/mol. The van der Waals surface area contributed by atoms with Crippen LogP contribution in [0.4, 0.5) is 0 Å². The number of nitriles is 1. The van der Waals surface area contributed by atoms with Crippen molar-refractivity contribution in [3.8, 4) is 6.07 Å². The lowest BCUT2D eigenvalue weighted by Gasteiger charge is -2.32. The summed E-state index contributed by atoms with van der Waals surface area (Å²) in [6.45, 7) is 7.56. The van der Waals surface area contributed by atoms with Crippen molar-refractivity contribution in [2.75, 3.05) is 6.61 Å². The van der Waals surface area contributed by atoms with Crippen molar-refractivity contribution in [3.63, 3.8) is 0 Å². The van der Waals surface area contributed by atoms with E-state index in [1.165, 1.54) is 0 Å². The van der Waals surface area contributed by atoms with Gasteiger partial charge in [0.2, 0.25) is 0 Å². The Bertz CT molecular complexity index is 633. The van der Waals surface area contributed by atoms with Crippen molar-refractivity contribution in [2.45, 2.75) is 38.9 Å². The topological polar surface area (TPSA) is 62.5 Å². The molecule has 1 aromatic rings. The van der Waals surface area contributed by atoms with Crippen LogP contribution in [0.25, 0.3) is 6.08 Å². The summed E-state index contributed by atoms with van der Waals surface area (Å²) in [6, 6.07) is 7.09. The van der Waals surface area contributed by atoms with Gasteiger partial charge in [0.05, 0.1) is 29.4 Å². The van der Waals surface area contributed by atoms with Crippen molar-refractivity contribution >= 4 is 24.8 Å². The van der Waals surface area contributed by atoms with E-state index in [-0.39, 0.29) is 6.61 Å². The van der Waals surface area contributed by atoms with E-state index in [4.69, 9.17) is 20.9 Å². The van der Waals surface area contributed by atoms with E-state index in [1.54, 1.807) is 24.3 Å². The van der Waals surface area contributed by atoms with Crippen LogP contribution < -0.4 is 0 Å². The minimum Gasteiger partial charge on any atom is -0.400 e. The lowest BCUT2D eigenvalue weighted by Crippen LogP contribution is -2.41. The first-order chi connectivity index (χ1) is 10.2. The van der Waals surface area contributed by atoms with Gasteiger partial charge in [-0.3, -0.25) is 0 Å². The van der Waals surface area contributed by atoms with Crippen LogP contribution in [0.2, 0.25) is 5.02 Å². The van der Waals surface area contributed by atoms with Gasteiger partial charge >= 0.3 is 7.12 Å². The molecule has 2 rings (SSSR count). The molecule has 0 amide bonds. The molecule has 1 fully saturated rings. The van der Waals surface area contributed by atoms with Crippen LogP contribution in [0, 0.1) is 11.3 Å². The first kappa shape index (κ1) is 17.0. The van der Waals surface area contributed by atoms with Crippen LogP contribution in [0.1, 0.15) is 38.8 Å². The fourth-order valence-corrected chi connectivity index (χ4v) is 2.32. The average Bonchev–Trinajstić information content (AvgIpc) is 2.64. The van der Waals surface area contributed by atoms with Crippen molar-refractivity contribution in [2.24, 2.45) is 0 Å². The number of aliphatic hydroxyl groups is 1. The molecule has 0 radical (unpaired) electrons. The Kier molecular flexibility index (Phi) is 4.69. The lowest BCUT2D eigenvalue weighted by molar-refractivity contribution is 0.00578. The van der Waals surface area contributed by atoms with Crippen LogP contribution in [0.15, 0.2) is 23.7 Å². The number of halogens is 1. The van der Waals surface area contributed by atoms with Gasteiger partial charge in [0.25, 0.3) is 0 Å². The highest BCUT2D eigenvalue weighted by molar-refractivity contribution is 6.55. The van der Waals surface area contributed by atoms with E-state index in [9.17, 15) is 10.4 Å². The van der Waals surface area contributed by atoms with Gasteiger partial charge in [0.15, 0.2) is 0 Å². The zero-order valence-corrected chi connectivity index (χ0v) is 13.9. The number of benzene rings is 1. The van der Waals surface area contributed by atoms with Crippen molar-refractivity contribution in [1.82, 2.24) is 0 Å². The van der Waals surface area contributed by atoms with Crippen molar-refractivity contribution in [1.29, 1.82) is 5.26 Å². The highest BCUT2D eigenvalue weighted by Crippen LogP contribution is 2.38. The molecule has 0 saturated carbocycles. The molecule has 22 heavy (non-hydrogen) atoms. The van der Waals surface area contributed by atoms with E-state index in [1.807, 2.05) is 27.7 Å². The molecule has 0 atom stereocenters. The van der Waals surface area contributed by atoms with Gasteiger partial charge in [-0.2, -0.15) is 5.26 Å². The molecule has 0 unspecified atom stereocenters. The first-order valence-electron chi connectivity index (χ1n) is 7.07. The predicted molar refractivity (Wildman–Crippen MR) is 87.3 cm³/mol. The largest absolute Gasteiger partial charge is 0.492 e. The third kappa shape index (κ3) is 3.21. The number of hydrogen-bond acceptors (Lipinski definition) is 4. The molecule has 0 aromatic heterocycles. The van der Waals surface area contributed by atoms with E-state index in [0.29, 0.717) is 21.6 Å². The van der Waals surface area contributed by atoms with Gasteiger partial charge in [-0.1, -0.05) is 17.7 Å². The number of hydrogen-bond donors (Lipinski definition) is 1. The Morgan fingerprint density at radius 1 is 1.32 bits per heavy atom. The van der Waals surface area contributed by atoms with Crippen LogP contribution in [0.5, 0.6) is 0 Å². The molecule has 0 aliphatic carbocycles. The zero-order valence-electron chi connectivity index (χ0n) is 13.2. The SMILES string of the molecule is CC1(C)OB(C(=Cc2cc(Cl)ccc2C#N)CO)OC1(C)C. The second-order valence-corrected chi connectivity index (χ2v) is 6.75. The summed E-state index contributed by atoms with van der Waals surface area (Å²) >= 11 is 5.99. The molecule has 6 heteroatoms. The first-order valence-corrected chi connectivity index (χ1v) is 7.44. The molecule has 116 valence electrons. The fraction of sp³-hybridized carbons (Fsp3) is 0.438. The summed E-state index contributed by atoms with van der Waals surface area (Å²) < 4.78 is 11.9. The number of nitrogens with zero attached hydrogens (tertiary/aromatic N) is 1. The van der Waals surface area contributed by atoms with Gasteiger partial charge < -0.3 is 14.4 Å². The second-order valence-electron chi connectivity index (χ2n) is 6.31. The van der Waals surface area contributed by atoms with E-state index in [2.05, 4.69) is 6.07 Å². The fourth-order valence-electron chi connectivity index (χ4n) is 2.14. The molecular formula is C16H19BClNO3. The second kappa shape index (κ2) is 6.06. The van der Waals surface area contributed by atoms with Crippen molar-refractivity contribution in [3.05, 3.63) is 39.8 Å². The molecule has 4 nitrogen and oxygen atoms in total. The molecule has 1 aliphatic heterocycles. The summed E-state index contributed by atoms with van der Waals surface area (Å²) in [5.41, 5.74) is 0.689. The number of rotatable bonds is 3.